The minimum absolute atomic E-state index is 0.946. The van der Waals surface area contributed by atoms with Gasteiger partial charge in [0.15, 0.2) is 0 Å². The SMILES string of the molecule is COc1cccc(C[NH+]2CC[NH+]([C@H]3CCC[C@H](C)C3)CC2)c1. The van der Waals surface area contributed by atoms with E-state index in [2.05, 4.69) is 25.1 Å². The molecule has 0 aromatic heterocycles. The zero-order chi connectivity index (χ0) is 15.4. The molecule has 1 saturated heterocycles. The van der Waals surface area contributed by atoms with Crippen LogP contribution in [-0.4, -0.2) is 39.3 Å². The standard InChI is InChI=1S/C19H30N2O/c1-16-5-3-7-18(13-16)21-11-9-20(10-12-21)15-17-6-4-8-19(14-17)22-2/h4,6,8,14,16,18H,3,5,7,9-13,15H2,1-2H3/p+2/t16-,18-/m0/s1. The minimum atomic E-state index is 0.946. The van der Waals surface area contributed by atoms with Gasteiger partial charge >= 0.3 is 0 Å². The highest BCUT2D eigenvalue weighted by Gasteiger charge is 2.32. The highest BCUT2D eigenvalue weighted by atomic mass is 16.5. The van der Waals surface area contributed by atoms with Gasteiger partial charge in [-0.2, -0.15) is 0 Å². The third-order valence-corrected chi connectivity index (χ3v) is 5.70. The summed E-state index contributed by atoms with van der Waals surface area (Å²) < 4.78 is 5.34. The van der Waals surface area contributed by atoms with Crippen LogP contribution in [0, 0.1) is 5.92 Å². The van der Waals surface area contributed by atoms with Crippen LogP contribution in [0.3, 0.4) is 0 Å². The predicted molar refractivity (Wildman–Crippen MR) is 89.5 cm³/mol. The van der Waals surface area contributed by atoms with Gasteiger partial charge in [-0.3, -0.25) is 0 Å². The second kappa shape index (κ2) is 7.47. The molecule has 1 saturated carbocycles. The Morgan fingerprint density at radius 1 is 1.14 bits per heavy atom. The molecule has 2 atom stereocenters. The van der Waals surface area contributed by atoms with Gasteiger partial charge in [-0.25, -0.2) is 0 Å². The number of rotatable bonds is 4. The first-order valence-corrected chi connectivity index (χ1v) is 9.05. The van der Waals surface area contributed by atoms with E-state index in [1.165, 1.54) is 57.4 Å². The zero-order valence-corrected chi connectivity index (χ0v) is 14.2. The Morgan fingerprint density at radius 2 is 1.95 bits per heavy atom. The van der Waals surface area contributed by atoms with E-state index in [0.29, 0.717) is 0 Å². The normalized spacial score (nSPS) is 32.6. The van der Waals surface area contributed by atoms with Crippen LogP contribution in [0.2, 0.25) is 0 Å². The lowest BCUT2D eigenvalue weighted by Crippen LogP contribution is -3.29. The summed E-state index contributed by atoms with van der Waals surface area (Å²) in [6.45, 7) is 8.93. The van der Waals surface area contributed by atoms with Crippen LogP contribution in [0.4, 0.5) is 0 Å². The van der Waals surface area contributed by atoms with Crippen LogP contribution in [0.1, 0.15) is 38.2 Å². The van der Waals surface area contributed by atoms with E-state index in [4.69, 9.17) is 4.74 Å². The van der Waals surface area contributed by atoms with Crippen molar-refractivity contribution in [3.63, 3.8) is 0 Å². The van der Waals surface area contributed by atoms with Gasteiger partial charge in [0, 0.05) is 12.0 Å². The van der Waals surface area contributed by atoms with E-state index >= 15 is 0 Å². The van der Waals surface area contributed by atoms with Crippen molar-refractivity contribution in [2.75, 3.05) is 33.3 Å². The Labute approximate surface area is 135 Å². The summed E-state index contributed by atoms with van der Waals surface area (Å²) in [6, 6.07) is 9.51. The largest absolute Gasteiger partial charge is 0.497 e. The van der Waals surface area contributed by atoms with Crippen molar-refractivity contribution in [2.45, 2.75) is 45.2 Å². The van der Waals surface area contributed by atoms with Crippen LogP contribution < -0.4 is 14.5 Å². The van der Waals surface area contributed by atoms with E-state index in [0.717, 1.165) is 24.3 Å². The molecule has 1 aromatic rings. The van der Waals surface area contributed by atoms with Gasteiger partial charge in [-0.05, 0) is 30.9 Å². The topological polar surface area (TPSA) is 18.1 Å². The van der Waals surface area contributed by atoms with Crippen molar-refractivity contribution in [1.82, 2.24) is 0 Å². The first kappa shape index (κ1) is 15.8. The van der Waals surface area contributed by atoms with Gasteiger partial charge < -0.3 is 14.5 Å². The van der Waals surface area contributed by atoms with Gasteiger partial charge in [0.25, 0.3) is 0 Å². The van der Waals surface area contributed by atoms with Crippen molar-refractivity contribution in [1.29, 1.82) is 0 Å². The maximum atomic E-state index is 5.34. The summed E-state index contributed by atoms with van der Waals surface area (Å²) in [7, 11) is 1.75. The average molecular weight is 304 g/mol. The lowest BCUT2D eigenvalue weighted by Gasteiger charge is -2.37. The molecule has 0 amide bonds. The van der Waals surface area contributed by atoms with Gasteiger partial charge in [0.1, 0.15) is 38.5 Å². The maximum absolute atomic E-state index is 5.34. The molecule has 1 heterocycles. The van der Waals surface area contributed by atoms with Crippen LogP contribution in [0.25, 0.3) is 0 Å². The summed E-state index contributed by atoms with van der Waals surface area (Å²) in [4.78, 5) is 3.63. The van der Waals surface area contributed by atoms with Gasteiger partial charge in [-0.15, -0.1) is 0 Å². The van der Waals surface area contributed by atoms with Gasteiger partial charge in [0.05, 0.1) is 13.2 Å². The predicted octanol–water partition coefficient (Wildman–Crippen LogP) is 0.557. The molecule has 0 unspecified atom stereocenters. The smallest absolute Gasteiger partial charge is 0.127 e. The fourth-order valence-corrected chi connectivity index (χ4v) is 4.39. The van der Waals surface area contributed by atoms with Crippen LogP contribution in [-0.2, 0) is 6.54 Å². The molecule has 0 spiro atoms. The van der Waals surface area contributed by atoms with Crippen molar-refractivity contribution >= 4 is 0 Å². The summed E-state index contributed by atoms with van der Waals surface area (Å²) in [5.74, 6) is 1.94. The molecule has 0 bridgehead atoms. The van der Waals surface area contributed by atoms with Crippen molar-refractivity contribution in [2.24, 2.45) is 5.92 Å². The average Bonchev–Trinajstić information content (AvgIpc) is 2.56. The van der Waals surface area contributed by atoms with Crippen molar-refractivity contribution < 1.29 is 14.5 Å². The summed E-state index contributed by atoms with van der Waals surface area (Å²) in [6.07, 6.45) is 5.83. The van der Waals surface area contributed by atoms with Crippen LogP contribution >= 0.6 is 0 Å². The number of nitrogens with one attached hydrogen (secondary N) is 2. The van der Waals surface area contributed by atoms with Gasteiger partial charge in [0.2, 0.25) is 0 Å². The van der Waals surface area contributed by atoms with Crippen LogP contribution in [0.15, 0.2) is 24.3 Å². The molecule has 22 heavy (non-hydrogen) atoms. The molecule has 1 aromatic carbocycles. The Morgan fingerprint density at radius 3 is 2.68 bits per heavy atom. The number of quaternary nitrogens is 2. The highest BCUT2D eigenvalue weighted by Crippen LogP contribution is 2.21. The molecule has 2 N–H and O–H groups in total. The molecule has 3 rings (SSSR count). The summed E-state index contributed by atoms with van der Waals surface area (Å²) in [5.41, 5.74) is 1.41. The summed E-state index contributed by atoms with van der Waals surface area (Å²) in [5, 5.41) is 0. The van der Waals surface area contributed by atoms with E-state index in [1.54, 1.807) is 12.0 Å². The first-order chi connectivity index (χ1) is 10.7. The second-order valence-corrected chi connectivity index (χ2v) is 7.41. The first-order valence-electron chi connectivity index (χ1n) is 9.05. The van der Waals surface area contributed by atoms with Crippen LogP contribution in [0.5, 0.6) is 5.75 Å². The number of piperazine rings is 1. The Balaban J connectivity index is 1.49. The van der Waals surface area contributed by atoms with Crippen molar-refractivity contribution in [3.05, 3.63) is 29.8 Å². The van der Waals surface area contributed by atoms with E-state index in [-0.39, 0.29) is 0 Å². The molecule has 1 aliphatic heterocycles. The molecule has 122 valence electrons. The number of hydrogen-bond donors (Lipinski definition) is 2. The third kappa shape index (κ3) is 4.02. The molecular formula is C19H32N2O+2. The third-order valence-electron chi connectivity index (χ3n) is 5.70. The van der Waals surface area contributed by atoms with E-state index < -0.39 is 0 Å². The van der Waals surface area contributed by atoms with Crippen molar-refractivity contribution in [3.8, 4) is 5.75 Å². The monoisotopic (exact) mass is 304 g/mol. The quantitative estimate of drug-likeness (QED) is 0.832. The molecule has 1 aliphatic carbocycles. The molecule has 3 nitrogen and oxygen atoms in total. The summed E-state index contributed by atoms with van der Waals surface area (Å²) >= 11 is 0. The lowest BCUT2D eigenvalue weighted by molar-refractivity contribution is -1.03. The highest BCUT2D eigenvalue weighted by molar-refractivity contribution is 5.27. The molecular weight excluding hydrogens is 272 g/mol. The van der Waals surface area contributed by atoms with E-state index in [9.17, 15) is 0 Å². The van der Waals surface area contributed by atoms with E-state index in [1.807, 2.05) is 11.0 Å². The number of hydrogen-bond acceptors (Lipinski definition) is 1. The lowest BCUT2D eigenvalue weighted by atomic mass is 9.86. The molecule has 2 fully saturated rings. The molecule has 2 aliphatic rings. The maximum Gasteiger partial charge on any atom is 0.127 e. The Bertz CT molecular complexity index is 468. The zero-order valence-electron chi connectivity index (χ0n) is 14.2. The fraction of sp³-hybridized carbons (Fsp3) is 0.684. The molecule has 3 heteroatoms. The number of ether oxygens (including phenoxy) is 1. The number of benzene rings is 1. The number of methoxy groups -OCH3 is 1. The second-order valence-electron chi connectivity index (χ2n) is 7.41. The Hall–Kier alpha value is -1.06. The molecule has 0 radical (unpaired) electrons. The minimum Gasteiger partial charge on any atom is -0.497 e. The Kier molecular flexibility index (Phi) is 5.37. The fourth-order valence-electron chi connectivity index (χ4n) is 4.39. The van der Waals surface area contributed by atoms with Gasteiger partial charge in [-0.1, -0.05) is 25.5 Å².